The van der Waals surface area contributed by atoms with Gasteiger partial charge in [-0.25, -0.2) is 0 Å². The van der Waals surface area contributed by atoms with Crippen molar-refractivity contribution in [3.8, 4) is 0 Å². The van der Waals surface area contributed by atoms with Crippen LogP contribution in [0.1, 0.15) is 6.42 Å². The third kappa shape index (κ3) is 1.68. The average Bonchev–Trinajstić information content (AvgIpc) is 1.88. The monoisotopic (exact) mass is 145 g/mol. The third-order valence-corrected chi connectivity index (χ3v) is 2.16. The Kier molecular flexibility index (Phi) is 2.65. The summed E-state index contributed by atoms with van der Waals surface area (Å²) in [7, 11) is 1.98. The lowest BCUT2D eigenvalue weighted by molar-refractivity contribution is 0.00664. The minimum absolute atomic E-state index is 0.108. The lowest BCUT2D eigenvalue weighted by Crippen LogP contribution is -2.42. The van der Waals surface area contributed by atoms with Crippen molar-refractivity contribution in [2.45, 2.75) is 12.5 Å². The molecule has 0 amide bonds. The molecule has 0 aromatic heterocycles. The second-order valence-electron chi connectivity index (χ2n) is 3.06. The first-order chi connectivity index (χ1) is 4.74. The van der Waals surface area contributed by atoms with Gasteiger partial charge in [0.25, 0.3) is 0 Å². The van der Waals surface area contributed by atoms with Gasteiger partial charge in [-0.2, -0.15) is 0 Å². The highest BCUT2D eigenvalue weighted by Gasteiger charge is 2.24. The van der Waals surface area contributed by atoms with Gasteiger partial charge in [-0.1, -0.05) is 0 Å². The fourth-order valence-corrected chi connectivity index (χ4v) is 1.35. The van der Waals surface area contributed by atoms with E-state index >= 15 is 0 Å². The van der Waals surface area contributed by atoms with E-state index in [4.69, 9.17) is 5.11 Å². The predicted octanol–water partition coefficient (Wildman–Crippen LogP) is -0.709. The zero-order valence-corrected chi connectivity index (χ0v) is 6.32. The first-order valence-corrected chi connectivity index (χ1v) is 3.71. The maximum atomic E-state index is 9.34. The Morgan fingerprint density at radius 3 is 2.80 bits per heavy atom. The Bertz CT molecular complexity index is 108. The lowest BCUT2D eigenvalue weighted by atomic mass is 9.95. The number of likely N-dealkylation sites (tertiary alicyclic amines) is 1. The summed E-state index contributed by atoms with van der Waals surface area (Å²) < 4.78 is 0. The van der Waals surface area contributed by atoms with Crippen LogP contribution in [0.2, 0.25) is 0 Å². The van der Waals surface area contributed by atoms with Crippen molar-refractivity contribution in [2.75, 3.05) is 26.7 Å². The Morgan fingerprint density at radius 2 is 2.30 bits per heavy atom. The van der Waals surface area contributed by atoms with Crippen molar-refractivity contribution < 1.29 is 10.2 Å². The van der Waals surface area contributed by atoms with Gasteiger partial charge < -0.3 is 15.1 Å². The normalized spacial score (nSPS) is 36.3. The molecule has 1 rings (SSSR count). The second-order valence-corrected chi connectivity index (χ2v) is 3.06. The van der Waals surface area contributed by atoms with Crippen LogP contribution in [0.4, 0.5) is 0 Å². The summed E-state index contributed by atoms with van der Waals surface area (Å²) in [4.78, 5) is 2.08. The number of hydrogen-bond acceptors (Lipinski definition) is 3. The molecular weight excluding hydrogens is 130 g/mol. The van der Waals surface area contributed by atoms with Crippen molar-refractivity contribution in [1.82, 2.24) is 4.90 Å². The summed E-state index contributed by atoms with van der Waals surface area (Å²) in [6.45, 7) is 1.81. The van der Waals surface area contributed by atoms with E-state index in [1.807, 2.05) is 7.05 Å². The fraction of sp³-hybridized carbons (Fsp3) is 1.00. The van der Waals surface area contributed by atoms with Gasteiger partial charge in [0.1, 0.15) is 0 Å². The molecule has 0 radical (unpaired) electrons. The Balaban J connectivity index is 2.36. The molecular formula is C7H15NO2. The molecule has 3 heteroatoms. The molecule has 1 saturated heterocycles. The maximum absolute atomic E-state index is 9.34. The summed E-state index contributed by atoms with van der Waals surface area (Å²) in [5.41, 5.74) is 0. The van der Waals surface area contributed by atoms with Crippen LogP contribution in [-0.2, 0) is 0 Å². The largest absolute Gasteiger partial charge is 0.396 e. The highest BCUT2D eigenvalue weighted by molar-refractivity contribution is 4.77. The molecule has 2 atom stereocenters. The number of hydrogen-bond donors (Lipinski definition) is 2. The molecule has 0 aromatic carbocycles. The van der Waals surface area contributed by atoms with Gasteiger partial charge in [0.15, 0.2) is 0 Å². The van der Waals surface area contributed by atoms with Gasteiger partial charge in [0.05, 0.1) is 6.10 Å². The van der Waals surface area contributed by atoms with Crippen LogP contribution >= 0.6 is 0 Å². The van der Waals surface area contributed by atoms with E-state index in [0.717, 1.165) is 13.0 Å². The molecule has 1 heterocycles. The molecule has 10 heavy (non-hydrogen) atoms. The molecule has 1 aliphatic rings. The molecule has 0 unspecified atom stereocenters. The van der Waals surface area contributed by atoms with Crippen LogP contribution in [0.25, 0.3) is 0 Å². The number of β-amino-alcohol motifs (C(OH)–C–C–N with tert-alkyl or cyclic N) is 1. The second kappa shape index (κ2) is 3.32. The Hall–Kier alpha value is -0.120. The third-order valence-electron chi connectivity index (χ3n) is 2.16. The molecule has 1 aliphatic heterocycles. The van der Waals surface area contributed by atoms with E-state index in [1.54, 1.807) is 0 Å². The van der Waals surface area contributed by atoms with Crippen LogP contribution in [0.15, 0.2) is 0 Å². The SMILES string of the molecule is CN1CC[C@H](CO)[C@@H](O)C1. The van der Waals surface area contributed by atoms with E-state index in [1.165, 1.54) is 0 Å². The van der Waals surface area contributed by atoms with Crippen molar-refractivity contribution in [3.63, 3.8) is 0 Å². The van der Waals surface area contributed by atoms with Gasteiger partial charge in [-0.05, 0) is 20.0 Å². The van der Waals surface area contributed by atoms with Gasteiger partial charge >= 0.3 is 0 Å². The van der Waals surface area contributed by atoms with Gasteiger partial charge in [0, 0.05) is 19.1 Å². The standard InChI is InChI=1S/C7H15NO2/c1-8-3-2-6(5-9)7(10)4-8/h6-7,9-10H,2-5H2,1H3/t6-,7+/m1/s1. The number of rotatable bonds is 1. The Morgan fingerprint density at radius 1 is 1.60 bits per heavy atom. The molecule has 2 N–H and O–H groups in total. The highest BCUT2D eigenvalue weighted by Crippen LogP contribution is 2.15. The summed E-state index contributed by atoms with van der Waals surface area (Å²) in [6, 6.07) is 0. The minimum atomic E-state index is -0.330. The van der Waals surface area contributed by atoms with E-state index in [-0.39, 0.29) is 18.6 Å². The molecule has 0 aromatic rings. The number of nitrogens with zero attached hydrogens (tertiary/aromatic N) is 1. The van der Waals surface area contributed by atoms with E-state index in [0.29, 0.717) is 6.54 Å². The summed E-state index contributed by atoms with van der Waals surface area (Å²) in [6.07, 6.45) is 0.581. The summed E-state index contributed by atoms with van der Waals surface area (Å²) >= 11 is 0. The zero-order valence-electron chi connectivity index (χ0n) is 6.32. The highest BCUT2D eigenvalue weighted by atomic mass is 16.3. The van der Waals surface area contributed by atoms with Crippen LogP contribution in [-0.4, -0.2) is 48.0 Å². The average molecular weight is 145 g/mol. The van der Waals surface area contributed by atoms with Gasteiger partial charge in [-0.3, -0.25) is 0 Å². The molecule has 0 bridgehead atoms. The van der Waals surface area contributed by atoms with Gasteiger partial charge in [-0.15, -0.1) is 0 Å². The number of piperidine rings is 1. The van der Waals surface area contributed by atoms with Crippen molar-refractivity contribution >= 4 is 0 Å². The van der Waals surface area contributed by atoms with E-state index in [2.05, 4.69) is 4.90 Å². The first kappa shape index (κ1) is 7.98. The van der Waals surface area contributed by atoms with E-state index in [9.17, 15) is 5.11 Å². The molecule has 0 saturated carbocycles. The van der Waals surface area contributed by atoms with Crippen molar-refractivity contribution in [2.24, 2.45) is 5.92 Å². The van der Waals surface area contributed by atoms with Crippen molar-refractivity contribution in [1.29, 1.82) is 0 Å². The molecule has 0 spiro atoms. The summed E-state index contributed by atoms with van der Waals surface area (Å²) in [5, 5.41) is 18.1. The number of likely N-dealkylation sites (N-methyl/N-ethyl adjacent to an activating group) is 1. The van der Waals surface area contributed by atoms with Gasteiger partial charge in [0.2, 0.25) is 0 Å². The summed E-state index contributed by atoms with van der Waals surface area (Å²) in [5.74, 6) is 0.108. The van der Waals surface area contributed by atoms with Crippen LogP contribution < -0.4 is 0 Å². The predicted molar refractivity (Wildman–Crippen MR) is 38.7 cm³/mol. The minimum Gasteiger partial charge on any atom is -0.396 e. The first-order valence-electron chi connectivity index (χ1n) is 3.71. The molecule has 1 fully saturated rings. The lowest BCUT2D eigenvalue weighted by Gasteiger charge is -2.32. The van der Waals surface area contributed by atoms with Crippen LogP contribution in [0.3, 0.4) is 0 Å². The zero-order chi connectivity index (χ0) is 7.56. The molecule has 60 valence electrons. The molecule has 0 aliphatic carbocycles. The van der Waals surface area contributed by atoms with E-state index < -0.39 is 0 Å². The quantitative estimate of drug-likeness (QED) is 0.512. The number of aliphatic hydroxyl groups is 2. The van der Waals surface area contributed by atoms with Crippen molar-refractivity contribution in [3.05, 3.63) is 0 Å². The van der Waals surface area contributed by atoms with Crippen LogP contribution in [0, 0.1) is 5.92 Å². The van der Waals surface area contributed by atoms with Crippen LogP contribution in [0.5, 0.6) is 0 Å². The fourth-order valence-electron chi connectivity index (χ4n) is 1.35. The Labute approximate surface area is 61.3 Å². The topological polar surface area (TPSA) is 43.7 Å². The maximum Gasteiger partial charge on any atom is 0.0717 e. The smallest absolute Gasteiger partial charge is 0.0717 e. The number of aliphatic hydroxyl groups excluding tert-OH is 2. The molecule has 3 nitrogen and oxygen atoms in total.